The lowest BCUT2D eigenvalue weighted by Crippen LogP contribution is -2.19. The minimum atomic E-state index is -0.172. The minimum Gasteiger partial charge on any atom is -0.461 e. The predicted molar refractivity (Wildman–Crippen MR) is 158 cm³/mol. The molecule has 2 atom stereocenters. The maximum Gasteiger partial charge on any atom is 0.306 e. The van der Waals surface area contributed by atoms with E-state index in [9.17, 15) is 9.59 Å². The van der Waals surface area contributed by atoms with Gasteiger partial charge in [0.2, 0.25) is 0 Å². The van der Waals surface area contributed by atoms with Crippen molar-refractivity contribution in [2.45, 2.75) is 79.9 Å². The first kappa shape index (κ1) is 36.5. The molecule has 0 bridgehead atoms. The van der Waals surface area contributed by atoms with Gasteiger partial charge in [-0.15, -0.1) is 0 Å². The monoisotopic (exact) mass is 544 g/mol. The summed E-state index contributed by atoms with van der Waals surface area (Å²) in [7, 11) is 1.70. The Bertz CT molecular complexity index is 827. The maximum atomic E-state index is 11.9. The van der Waals surface area contributed by atoms with Crippen LogP contribution < -0.4 is 0 Å². The molecule has 0 spiro atoms. The fraction of sp³-hybridized carbons (Fsp3) is 0.576. The summed E-state index contributed by atoms with van der Waals surface area (Å²) in [6.45, 7) is 13.6. The van der Waals surface area contributed by atoms with Gasteiger partial charge in [0.25, 0.3) is 0 Å². The Balaban J connectivity index is 0.00000109. The van der Waals surface area contributed by atoms with Crippen molar-refractivity contribution in [3.8, 4) is 0 Å². The normalized spacial score (nSPS) is 12.6. The van der Waals surface area contributed by atoms with E-state index < -0.39 is 0 Å². The van der Waals surface area contributed by atoms with E-state index in [2.05, 4.69) is 13.8 Å². The molecular weight excluding hydrogens is 492 g/mol. The van der Waals surface area contributed by atoms with Gasteiger partial charge < -0.3 is 23.7 Å². The van der Waals surface area contributed by atoms with E-state index >= 15 is 0 Å². The van der Waals surface area contributed by atoms with Crippen LogP contribution in [0, 0.1) is 11.3 Å². The Hall–Kier alpha value is -2.54. The van der Waals surface area contributed by atoms with Gasteiger partial charge in [0, 0.05) is 33.2 Å². The largest absolute Gasteiger partial charge is 0.461 e. The van der Waals surface area contributed by atoms with Crippen LogP contribution in [0.3, 0.4) is 0 Å². The molecule has 0 aliphatic rings. The molecule has 0 radical (unpaired) electrons. The zero-order valence-corrected chi connectivity index (χ0v) is 25.2. The summed E-state index contributed by atoms with van der Waals surface area (Å²) in [5.74, 6) is 0.0479. The molecule has 0 saturated carbocycles. The summed E-state index contributed by atoms with van der Waals surface area (Å²) in [4.78, 5) is 22.6. The Morgan fingerprint density at radius 3 is 1.92 bits per heavy atom. The van der Waals surface area contributed by atoms with Crippen LogP contribution in [-0.4, -0.2) is 45.8 Å². The van der Waals surface area contributed by atoms with Crippen LogP contribution in [0.25, 0.3) is 0 Å². The molecule has 0 N–H and O–H groups in total. The maximum absolute atomic E-state index is 11.9. The van der Waals surface area contributed by atoms with Crippen LogP contribution >= 0.6 is 0 Å². The quantitative estimate of drug-likeness (QED) is 0.110. The number of benzene rings is 2. The van der Waals surface area contributed by atoms with Crippen molar-refractivity contribution < 1.29 is 28.5 Å². The number of carbonyl (C=O) groups is 2. The highest BCUT2D eigenvalue weighted by atomic mass is 16.5. The highest BCUT2D eigenvalue weighted by Gasteiger charge is 2.21. The van der Waals surface area contributed by atoms with Crippen LogP contribution in [0.5, 0.6) is 0 Å². The number of hydrogen-bond donors (Lipinski definition) is 0. The van der Waals surface area contributed by atoms with Crippen LogP contribution in [0.15, 0.2) is 60.7 Å². The molecule has 0 aliphatic carbocycles. The molecule has 220 valence electrons. The van der Waals surface area contributed by atoms with Gasteiger partial charge in [0.15, 0.2) is 0 Å². The number of carbonyl (C=O) groups excluding carboxylic acids is 2. The molecule has 0 aliphatic heterocycles. The standard InChI is InChI=1S/C23H36O5.C8H10O.C2H6/c1-4-23(3,11-13-24)12-15-27-17-16-26-14-10-20(2)18-22(25)28-19-21-8-6-5-7-9-21;1-9-7-8-5-3-2-4-6-8;1-2/h5-9,13,20H,4,10-12,14-19H2,1-3H3;2-6H,7H2,1H3;1-2H3. The molecule has 2 unspecified atom stereocenters. The van der Waals surface area contributed by atoms with Gasteiger partial charge in [-0.2, -0.15) is 0 Å². The highest BCUT2D eigenvalue weighted by Crippen LogP contribution is 2.28. The molecule has 0 fully saturated rings. The van der Waals surface area contributed by atoms with E-state index in [0.29, 0.717) is 52.5 Å². The van der Waals surface area contributed by atoms with E-state index in [1.54, 1.807) is 7.11 Å². The molecule has 2 rings (SSSR count). The highest BCUT2D eigenvalue weighted by molar-refractivity contribution is 5.69. The predicted octanol–water partition coefficient (Wildman–Crippen LogP) is 7.43. The third kappa shape index (κ3) is 20.1. The number of methoxy groups -OCH3 is 1. The Morgan fingerprint density at radius 1 is 0.872 bits per heavy atom. The molecule has 2 aromatic carbocycles. The fourth-order valence-electron chi connectivity index (χ4n) is 3.47. The summed E-state index contributed by atoms with van der Waals surface area (Å²) >= 11 is 0. The van der Waals surface area contributed by atoms with Gasteiger partial charge in [-0.1, -0.05) is 102 Å². The van der Waals surface area contributed by atoms with E-state index in [1.807, 2.05) is 81.4 Å². The number of hydrogen-bond acceptors (Lipinski definition) is 6. The molecule has 2 aromatic rings. The second kappa shape index (κ2) is 24.5. The van der Waals surface area contributed by atoms with Crippen molar-refractivity contribution in [2.75, 3.05) is 33.5 Å². The average molecular weight is 545 g/mol. The summed E-state index contributed by atoms with van der Waals surface area (Å²) < 4.78 is 21.4. The smallest absolute Gasteiger partial charge is 0.306 e. The third-order valence-corrected chi connectivity index (χ3v) is 6.32. The molecule has 0 heterocycles. The molecule has 6 nitrogen and oxygen atoms in total. The lowest BCUT2D eigenvalue weighted by Gasteiger charge is -2.25. The molecule has 0 aromatic heterocycles. The number of rotatable bonds is 18. The second-order valence-electron chi connectivity index (χ2n) is 9.67. The van der Waals surface area contributed by atoms with E-state index in [1.165, 1.54) is 5.56 Å². The van der Waals surface area contributed by atoms with Crippen molar-refractivity contribution >= 4 is 12.3 Å². The molecular formula is C33H52O6. The lowest BCUT2D eigenvalue weighted by atomic mass is 9.82. The summed E-state index contributed by atoms with van der Waals surface area (Å²) in [6, 6.07) is 19.8. The Morgan fingerprint density at radius 2 is 1.41 bits per heavy atom. The van der Waals surface area contributed by atoms with E-state index in [-0.39, 0.29) is 17.3 Å². The zero-order valence-electron chi connectivity index (χ0n) is 25.2. The van der Waals surface area contributed by atoms with Crippen molar-refractivity contribution in [2.24, 2.45) is 11.3 Å². The second-order valence-corrected chi connectivity index (χ2v) is 9.67. The van der Waals surface area contributed by atoms with Gasteiger partial charge in [0.1, 0.15) is 12.9 Å². The van der Waals surface area contributed by atoms with Crippen molar-refractivity contribution in [3.05, 3.63) is 71.8 Å². The van der Waals surface area contributed by atoms with E-state index in [4.69, 9.17) is 18.9 Å². The summed E-state index contributed by atoms with van der Waals surface area (Å²) in [5.41, 5.74) is 2.25. The Kier molecular flexibility index (Phi) is 22.9. The Labute approximate surface area is 237 Å². The van der Waals surface area contributed by atoms with Gasteiger partial charge in [-0.05, 0) is 35.3 Å². The van der Waals surface area contributed by atoms with Crippen molar-refractivity contribution in [1.29, 1.82) is 0 Å². The molecule has 0 saturated heterocycles. The van der Waals surface area contributed by atoms with Crippen LogP contribution in [0.1, 0.15) is 77.8 Å². The number of ether oxygens (including phenoxy) is 4. The molecule has 6 heteroatoms. The lowest BCUT2D eigenvalue weighted by molar-refractivity contribution is -0.146. The number of aldehydes is 1. The fourth-order valence-corrected chi connectivity index (χ4v) is 3.47. The van der Waals surface area contributed by atoms with Gasteiger partial charge in [-0.3, -0.25) is 4.79 Å². The number of esters is 1. The SMILES string of the molecule is CC.CCC(C)(CC=O)CCOCCOCCC(C)CC(=O)OCc1ccccc1.COCc1ccccc1. The molecule has 0 amide bonds. The van der Waals surface area contributed by atoms with Gasteiger partial charge in [0.05, 0.1) is 19.8 Å². The summed E-state index contributed by atoms with van der Waals surface area (Å²) in [5, 5.41) is 0. The first-order valence-corrected chi connectivity index (χ1v) is 14.2. The summed E-state index contributed by atoms with van der Waals surface area (Å²) in [6.07, 6.45) is 4.63. The van der Waals surface area contributed by atoms with Gasteiger partial charge >= 0.3 is 5.97 Å². The minimum absolute atomic E-state index is 0.0349. The van der Waals surface area contributed by atoms with Gasteiger partial charge in [-0.25, -0.2) is 0 Å². The third-order valence-electron chi connectivity index (χ3n) is 6.32. The van der Waals surface area contributed by atoms with Crippen LogP contribution in [-0.2, 0) is 41.8 Å². The first-order chi connectivity index (χ1) is 18.9. The first-order valence-electron chi connectivity index (χ1n) is 14.2. The van der Waals surface area contributed by atoms with Crippen molar-refractivity contribution in [3.63, 3.8) is 0 Å². The topological polar surface area (TPSA) is 71.1 Å². The van der Waals surface area contributed by atoms with E-state index in [0.717, 1.165) is 31.1 Å². The zero-order chi connectivity index (χ0) is 29.2. The van der Waals surface area contributed by atoms with Crippen molar-refractivity contribution in [1.82, 2.24) is 0 Å². The van der Waals surface area contributed by atoms with Crippen LogP contribution in [0.2, 0.25) is 0 Å². The molecule has 39 heavy (non-hydrogen) atoms. The average Bonchev–Trinajstić information content (AvgIpc) is 2.96. The van der Waals surface area contributed by atoms with Crippen LogP contribution in [0.4, 0.5) is 0 Å².